The molecule has 0 aliphatic carbocycles. The molecule has 114 valence electrons. The fraction of sp³-hybridized carbons (Fsp3) is 0.308. The minimum absolute atomic E-state index is 0.161. The number of aromatic nitrogens is 2. The summed E-state index contributed by atoms with van der Waals surface area (Å²) in [5.41, 5.74) is 1.82. The average Bonchev–Trinajstić information content (AvgIpc) is 2.81. The third-order valence-electron chi connectivity index (χ3n) is 2.96. The van der Waals surface area contributed by atoms with Crippen molar-refractivity contribution < 1.29 is 8.42 Å². The second-order valence-electron chi connectivity index (χ2n) is 5.00. The highest BCUT2D eigenvalue weighted by Crippen LogP contribution is 2.30. The lowest BCUT2D eigenvalue weighted by Crippen LogP contribution is -2.14. The summed E-state index contributed by atoms with van der Waals surface area (Å²) in [6, 6.07) is 5.01. The van der Waals surface area contributed by atoms with Gasteiger partial charge in [0.15, 0.2) is 5.82 Å². The minimum Gasteiger partial charge on any atom is -0.280 e. The summed E-state index contributed by atoms with van der Waals surface area (Å²) in [6.07, 6.45) is 0. The van der Waals surface area contributed by atoms with Crippen LogP contribution in [0.5, 0.6) is 0 Å². The van der Waals surface area contributed by atoms with Crippen molar-refractivity contribution in [2.24, 2.45) is 0 Å². The molecule has 8 heteroatoms. The maximum atomic E-state index is 12.4. The first-order valence-corrected chi connectivity index (χ1v) is 9.31. The van der Waals surface area contributed by atoms with Gasteiger partial charge in [0.05, 0.1) is 0 Å². The van der Waals surface area contributed by atoms with Gasteiger partial charge in [-0.2, -0.15) is 5.10 Å². The molecule has 5 nitrogen and oxygen atoms in total. The van der Waals surface area contributed by atoms with Crippen molar-refractivity contribution in [2.75, 3.05) is 4.72 Å². The van der Waals surface area contributed by atoms with E-state index in [1.165, 1.54) is 0 Å². The summed E-state index contributed by atoms with van der Waals surface area (Å²) in [6.45, 7) is 5.89. The Hall–Kier alpha value is -0.860. The molecule has 0 radical (unpaired) electrons. The van der Waals surface area contributed by atoms with E-state index in [0.29, 0.717) is 4.47 Å². The van der Waals surface area contributed by atoms with E-state index in [1.807, 2.05) is 20.8 Å². The van der Waals surface area contributed by atoms with Crippen molar-refractivity contribution in [3.05, 3.63) is 38.4 Å². The quantitative estimate of drug-likeness (QED) is 0.755. The van der Waals surface area contributed by atoms with Crippen molar-refractivity contribution in [3.63, 3.8) is 0 Å². The number of aryl methyl sites for hydroxylation is 1. The van der Waals surface area contributed by atoms with Gasteiger partial charge < -0.3 is 0 Å². The van der Waals surface area contributed by atoms with Crippen LogP contribution in [-0.4, -0.2) is 18.6 Å². The van der Waals surface area contributed by atoms with Crippen molar-refractivity contribution in [1.82, 2.24) is 10.2 Å². The predicted octanol–water partition coefficient (Wildman–Crippen LogP) is 4.17. The number of aromatic amines is 1. The molecule has 2 aromatic rings. The van der Waals surface area contributed by atoms with Crippen molar-refractivity contribution >= 4 is 47.7 Å². The summed E-state index contributed by atoms with van der Waals surface area (Å²) in [4.78, 5) is 0.161. The van der Waals surface area contributed by atoms with Crippen LogP contribution >= 0.6 is 31.9 Å². The second-order valence-corrected chi connectivity index (χ2v) is 8.36. The molecule has 0 saturated heterocycles. The molecular weight excluding hydrogens is 422 g/mol. The first-order chi connectivity index (χ1) is 9.70. The Morgan fingerprint density at radius 2 is 1.86 bits per heavy atom. The van der Waals surface area contributed by atoms with Gasteiger partial charge in [0, 0.05) is 20.7 Å². The van der Waals surface area contributed by atoms with Crippen LogP contribution in [0.3, 0.4) is 0 Å². The van der Waals surface area contributed by atoms with Crippen LogP contribution in [0.15, 0.2) is 32.0 Å². The van der Waals surface area contributed by atoms with Gasteiger partial charge in [-0.25, -0.2) is 8.42 Å². The summed E-state index contributed by atoms with van der Waals surface area (Å²) in [5.74, 6) is 0.526. The summed E-state index contributed by atoms with van der Waals surface area (Å²) >= 11 is 6.64. The molecule has 0 aliphatic rings. The number of halogens is 2. The van der Waals surface area contributed by atoms with Crippen molar-refractivity contribution in [2.45, 2.75) is 31.6 Å². The van der Waals surface area contributed by atoms with Crippen molar-refractivity contribution in [3.8, 4) is 0 Å². The van der Waals surface area contributed by atoms with E-state index >= 15 is 0 Å². The molecule has 2 rings (SSSR count). The summed E-state index contributed by atoms with van der Waals surface area (Å²) in [7, 11) is -3.71. The van der Waals surface area contributed by atoms with E-state index in [9.17, 15) is 8.42 Å². The molecule has 1 aromatic carbocycles. The predicted molar refractivity (Wildman–Crippen MR) is 90.1 cm³/mol. The number of hydrogen-bond acceptors (Lipinski definition) is 3. The highest BCUT2D eigenvalue weighted by molar-refractivity contribution is 9.11. The zero-order valence-corrected chi connectivity index (χ0v) is 15.7. The maximum Gasteiger partial charge on any atom is 0.264 e. The molecule has 2 N–H and O–H groups in total. The first kappa shape index (κ1) is 16.5. The van der Waals surface area contributed by atoms with E-state index in [-0.39, 0.29) is 16.6 Å². The standard InChI is InChI=1S/C13H15Br2N3O2S/c1-7(2)11-6-13(17-16-11)18-21(19,20)12-5-9(14)8(3)4-10(12)15/h4-7H,1-3H3,(H2,16,17,18). The van der Waals surface area contributed by atoms with Gasteiger partial charge in [0.25, 0.3) is 10.0 Å². The molecule has 0 atom stereocenters. The number of hydrogen-bond donors (Lipinski definition) is 2. The van der Waals surface area contributed by atoms with E-state index in [2.05, 4.69) is 46.8 Å². The zero-order valence-electron chi connectivity index (χ0n) is 11.7. The number of nitrogens with one attached hydrogen (secondary N) is 2. The lowest BCUT2D eigenvalue weighted by Gasteiger charge is -2.09. The van der Waals surface area contributed by atoms with Crippen LogP contribution in [0, 0.1) is 6.92 Å². The Balaban J connectivity index is 2.36. The highest BCUT2D eigenvalue weighted by Gasteiger charge is 2.20. The smallest absolute Gasteiger partial charge is 0.264 e. The number of benzene rings is 1. The van der Waals surface area contributed by atoms with Gasteiger partial charge in [-0.3, -0.25) is 9.82 Å². The minimum atomic E-state index is -3.71. The fourth-order valence-corrected chi connectivity index (χ4v) is 4.38. The molecule has 1 aromatic heterocycles. The van der Waals surface area contributed by atoms with Crippen LogP contribution < -0.4 is 4.72 Å². The molecule has 0 spiro atoms. The monoisotopic (exact) mass is 435 g/mol. The van der Waals surface area contributed by atoms with E-state index in [1.54, 1.807) is 18.2 Å². The van der Waals surface area contributed by atoms with Crippen LogP contribution in [-0.2, 0) is 10.0 Å². The number of sulfonamides is 1. The summed E-state index contributed by atoms with van der Waals surface area (Å²) < 4.78 is 28.6. The third-order valence-corrected chi connectivity index (χ3v) is 6.13. The molecular formula is C13H15Br2N3O2S. The van der Waals surface area contributed by atoms with Gasteiger partial charge >= 0.3 is 0 Å². The number of nitrogens with zero attached hydrogens (tertiary/aromatic N) is 1. The van der Waals surface area contributed by atoms with Crippen LogP contribution in [0.4, 0.5) is 5.82 Å². The van der Waals surface area contributed by atoms with Crippen LogP contribution in [0.25, 0.3) is 0 Å². The SMILES string of the molecule is Cc1cc(Br)c(S(=O)(=O)Nc2cc(C(C)C)[nH]n2)cc1Br. The third kappa shape index (κ3) is 3.67. The molecule has 0 fully saturated rings. The lowest BCUT2D eigenvalue weighted by atomic mass is 10.1. The second kappa shape index (κ2) is 6.10. The van der Waals surface area contributed by atoms with Gasteiger partial charge in [-0.1, -0.05) is 29.8 Å². The molecule has 0 unspecified atom stereocenters. The molecule has 0 aliphatic heterocycles. The average molecular weight is 437 g/mol. The first-order valence-electron chi connectivity index (χ1n) is 6.24. The Bertz CT molecular complexity index is 770. The fourth-order valence-electron chi connectivity index (χ4n) is 1.71. The molecule has 0 saturated carbocycles. The Labute approximate surface area is 140 Å². The van der Waals surface area contributed by atoms with Gasteiger partial charge in [-0.15, -0.1) is 0 Å². The molecule has 0 amide bonds. The highest BCUT2D eigenvalue weighted by atomic mass is 79.9. The number of anilines is 1. The van der Waals surface area contributed by atoms with Gasteiger partial charge in [0.1, 0.15) is 4.90 Å². The Kier molecular flexibility index (Phi) is 4.79. The number of H-pyrrole nitrogens is 1. The van der Waals surface area contributed by atoms with E-state index < -0.39 is 10.0 Å². The Morgan fingerprint density at radius 3 is 2.43 bits per heavy atom. The van der Waals surface area contributed by atoms with Crippen LogP contribution in [0.2, 0.25) is 0 Å². The molecule has 1 heterocycles. The van der Waals surface area contributed by atoms with Gasteiger partial charge in [-0.05, 0) is 46.5 Å². The lowest BCUT2D eigenvalue weighted by molar-refractivity contribution is 0.600. The Morgan fingerprint density at radius 1 is 1.19 bits per heavy atom. The van der Waals surface area contributed by atoms with E-state index in [0.717, 1.165) is 15.7 Å². The zero-order chi connectivity index (χ0) is 15.8. The molecule has 0 bridgehead atoms. The number of rotatable bonds is 4. The van der Waals surface area contributed by atoms with Crippen molar-refractivity contribution in [1.29, 1.82) is 0 Å². The van der Waals surface area contributed by atoms with E-state index in [4.69, 9.17) is 0 Å². The topological polar surface area (TPSA) is 74.8 Å². The van der Waals surface area contributed by atoms with Gasteiger partial charge in [0.2, 0.25) is 0 Å². The van der Waals surface area contributed by atoms with Crippen LogP contribution in [0.1, 0.15) is 31.0 Å². The summed E-state index contributed by atoms with van der Waals surface area (Å²) in [5, 5.41) is 6.79. The largest absolute Gasteiger partial charge is 0.280 e. The maximum absolute atomic E-state index is 12.4. The molecule has 21 heavy (non-hydrogen) atoms. The normalized spacial score (nSPS) is 11.9.